The normalized spacial score (nSPS) is 9.79. The van der Waals surface area contributed by atoms with Gasteiger partial charge in [-0.25, -0.2) is 4.98 Å². The van der Waals surface area contributed by atoms with Crippen molar-refractivity contribution >= 4 is 0 Å². The summed E-state index contributed by atoms with van der Waals surface area (Å²) in [7, 11) is 1.59. The number of hydrogen-bond donors (Lipinski definition) is 0. The monoisotopic (exact) mass is 184 g/mol. The number of pyridine rings is 1. The van der Waals surface area contributed by atoms with E-state index in [2.05, 4.69) is 11.1 Å². The fourth-order valence-corrected chi connectivity index (χ4v) is 1.25. The molecule has 2 rings (SSSR count). The average molecular weight is 184 g/mol. The first-order chi connectivity index (χ1) is 6.90. The van der Waals surface area contributed by atoms with Crippen LogP contribution in [0.2, 0.25) is 0 Å². The highest BCUT2D eigenvalue weighted by Gasteiger charge is 1.99. The maximum absolute atomic E-state index is 5.01. The summed E-state index contributed by atoms with van der Waals surface area (Å²) in [4.78, 5) is 4.28. The topological polar surface area (TPSA) is 22.1 Å². The van der Waals surface area contributed by atoms with E-state index in [0.29, 0.717) is 5.88 Å². The van der Waals surface area contributed by atoms with E-state index in [4.69, 9.17) is 4.74 Å². The summed E-state index contributed by atoms with van der Waals surface area (Å²) in [5.41, 5.74) is 1.99. The molecule has 0 fully saturated rings. The van der Waals surface area contributed by atoms with Gasteiger partial charge >= 0.3 is 0 Å². The van der Waals surface area contributed by atoms with Crippen LogP contribution < -0.4 is 4.74 Å². The molecule has 0 spiro atoms. The molecule has 0 bridgehead atoms. The summed E-state index contributed by atoms with van der Waals surface area (Å²) >= 11 is 0. The molecule has 69 valence electrons. The molecule has 1 heterocycles. The predicted molar refractivity (Wildman–Crippen MR) is 55.1 cm³/mol. The summed E-state index contributed by atoms with van der Waals surface area (Å²) in [6.45, 7) is 0. The van der Waals surface area contributed by atoms with Crippen LogP contribution in [0.25, 0.3) is 11.3 Å². The van der Waals surface area contributed by atoms with E-state index in [1.165, 1.54) is 0 Å². The van der Waals surface area contributed by atoms with Gasteiger partial charge in [-0.1, -0.05) is 30.3 Å². The quantitative estimate of drug-likeness (QED) is 0.715. The van der Waals surface area contributed by atoms with Crippen molar-refractivity contribution < 1.29 is 4.74 Å². The first-order valence-electron chi connectivity index (χ1n) is 4.38. The summed E-state index contributed by atoms with van der Waals surface area (Å²) in [5, 5.41) is 0. The third-order valence-corrected chi connectivity index (χ3v) is 1.93. The molecule has 0 aliphatic rings. The Kier molecular flexibility index (Phi) is 2.45. The lowest BCUT2D eigenvalue weighted by Gasteiger charge is -2.02. The zero-order valence-corrected chi connectivity index (χ0v) is 7.90. The molecule has 2 aromatic rings. The van der Waals surface area contributed by atoms with Gasteiger partial charge in [0.25, 0.3) is 0 Å². The molecule has 0 saturated carbocycles. The molecule has 0 N–H and O–H groups in total. The molecule has 0 atom stereocenters. The van der Waals surface area contributed by atoms with E-state index in [0.717, 1.165) is 11.3 Å². The molecular formula is C12H10NO. The van der Waals surface area contributed by atoms with Crippen molar-refractivity contribution in [3.8, 4) is 17.1 Å². The Labute approximate surface area is 83.2 Å². The second-order valence-corrected chi connectivity index (χ2v) is 2.85. The highest BCUT2D eigenvalue weighted by atomic mass is 16.5. The summed E-state index contributed by atoms with van der Waals surface area (Å²) in [5.74, 6) is 0.520. The third kappa shape index (κ3) is 1.74. The highest BCUT2D eigenvalue weighted by molar-refractivity contribution is 5.59. The van der Waals surface area contributed by atoms with Crippen LogP contribution in [0.1, 0.15) is 0 Å². The van der Waals surface area contributed by atoms with Crippen molar-refractivity contribution in [3.05, 3.63) is 48.5 Å². The maximum atomic E-state index is 5.01. The Morgan fingerprint density at radius 2 is 1.93 bits per heavy atom. The van der Waals surface area contributed by atoms with Crippen molar-refractivity contribution in [2.45, 2.75) is 0 Å². The summed E-state index contributed by atoms with van der Waals surface area (Å²) in [6, 6.07) is 16.6. The van der Waals surface area contributed by atoms with Gasteiger partial charge in [-0.2, -0.15) is 0 Å². The number of benzene rings is 1. The van der Waals surface area contributed by atoms with Crippen molar-refractivity contribution in [1.82, 2.24) is 4.98 Å². The van der Waals surface area contributed by atoms with Crippen molar-refractivity contribution in [2.24, 2.45) is 0 Å². The van der Waals surface area contributed by atoms with Crippen LogP contribution >= 0.6 is 0 Å². The molecule has 2 nitrogen and oxygen atoms in total. The van der Waals surface area contributed by atoms with Gasteiger partial charge in [0.2, 0.25) is 5.88 Å². The number of ether oxygens (including phenoxy) is 1. The van der Waals surface area contributed by atoms with Gasteiger partial charge in [0, 0.05) is 11.6 Å². The molecule has 0 saturated heterocycles. The molecule has 0 unspecified atom stereocenters. The molecular weight excluding hydrogens is 174 g/mol. The largest absolute Gasteiger partial charge is 0.481 e. The van der Waals surface area contributed by atoms with E-state index < -0.39 is 0 Å². The SMILES string of the molecule is COc1[c]ccc(-c2ccccc2)n1. The minimum Gasteiger partial charge on any atom is -0.481 e. The number of nitrogens with zero attached hydrogens (tertiary/aromatic N) is 1. The number of hydrogen-bond acceptors (Lipinski definition) is 2. The maximum Gasteiger partial charge on any atom is 0.221 e. The fourth-order valence-electron chi connectivity index (χ4n) is 1.25. The predicted octanol–water partition coefficient (Wildman–Crippen LogP) is 2.56. The third-order valence-electron chi connectivity index (χ3n) is 1.93. The Morgan fingerprint density at radius 1 is 1.14 bits per heavy atom. The van der Waals surface area contributed by atoms with Crippen LogP contribution in [0.3, 0.4) is 0 Å². The lowest BCUT2D eigenvalue weighted by molar-refractivity contribution is 0.397. The van der Waals surface area contributed by atoms with E-state index in [1.807, 2.05) is 42.5 Å². The highest BCUT2D eigenvalue weighted by Crippen LogP contribution is 2.18. The standard InChI is InChI=1S/C12H10NO/c1-14-12-9-5-8-11(13-12)10-6-3-2-4-7-10/h2-8H,1H3. The molecule has 14 heavy (non-hydrogen) atoms. The number of rotatable bonds is 2. The van der Waals surface area contributed by atoms with Crippen LogP contribution in [0, 0.1) is 6.07 Å². The average Bonchev–Trinajstić information content (AvgIpc) is 2.30. The molecule has 1 radical (unpaired) electrons. The molecule has 0 aliphatic carbocycles. The van der Waals surface area contributed by atoms with Gasteiger partial charge in [0.1, 0.15) is 0 Å². The summed E-state index contributed by atoms with van der Waals surface area (Å²) < 4.78 is 5.01. The van der Waals surface area contributed by atoms with E-state index in [1.54, 1.807) is 7.11 Å². The molecule has 1 aromatic heterocycles. The van der Waals surface area contributed by atoms with Crippen LogP contribution in [0.5, 0.6) is 5.88 Å². The van der Waals surface area contributed by atoms with Gasteiger partial charge in [-0.3, -0.25) is 0 Å². The van der Waals surface area contributed by atoms with Crippen LogP contribution in [-0.2, 0) is 0 Å². The van der Waals surface area contributed by atoms with E-state index >= 15 is 0 Å². The Bertz CT molecular complexity index is 412. The first-order valence-corrected chi connectivity index (χ1v) is 4.38. The van der Waals surface area contributed by atoms with Gasteiger partial charge < -0.3 is 4.74 Å². The fraction of sp³-hybridized carbons (Fsp3) is 0.0833. The second-order valence-electron chi connectivity index (χ2n) is 2.85. The van der Waals surface area contributed by atoms with E-state index in [9.17, 15) is 0 Å². The van der Waals surface area contributed by atoms with Gasteiger partial charge in [0.15, 0.2) is 0 Å². The minimum atomic E-state index is 0.520. The van der Waals surface area contributed by atoms with Gasteiger partial charge in [-0.05, 0) is 12.1 Å². The second kappa shape index (κ2) is 3.92. The van der Waals surface area contributed by atoms with Crippen molar-refractivity contribution in [3.63, 3.8) is 0 Å². The number of aromatic nitrogens is 1. The van der Waals surface area contributed by atoms with E-state index in [-0.39, 0.29) is 0 Å². The van der Waals surface area contributed by atoms with Crippen LogP contribution in [0.4, 0.5) is 0 Å². The first kappa shape index (κ1) is 8.75. The zero-order chi connectivity index (χ0) is 9.80. The summed E-state index contributed by atoms with van der Waals surface area (Å²) in [6.07, 6.45) is 0. The lowest BCUT2D eigenvalue weighted by Crippen LogP contribution is -1.89. The molecule has 2 heteroatoms. The Morgan fingerprint density at radius 3 is 2.64 bits per heavy atom. The Balaban J connectivity index is 2.42. The van der Waals surface area contributed by atoms with Crippen LogP contribution in [-0.4, -0.2) is 12.1 Å². The number of methoxy groups -OCH3 is 1. The molecule has 1 aromatic carbocycles. The van der Waals surface area contributed by atoms with Gasteiger partial charge in [0.05, 0.1) is 12.8 Å². The molecule has 0 aliphatic heterocycles. The minimum absolute atomic E-state index is 0.520. The zero-order valence-electron chi connectivity index (χ0n) is 7.90. The smallest absolute Gasteiger partial charge is 0.221 e. The molecule has 0 amide bonds. The van der Waals surface area contributed by atoms with Crippen molar-refractivity contribution in [1.29, 1.82) is 0 Å². The Hall–Kier alpha value is -1.83. The van der Waals surface area contributed by atoms with Gasteiger partial charge in [-0.15, -0.1) is 0 Å². The van der Waals surface area contributed by atoms with Crippen LogP contribution in [0.15, 0.2) is 42.5 Å². The lowest BCUT2D eigenvalue weighted by atomic mass is 10.1. The van der Waals surface area contributed by atoms with Crippen molar-refractivity contribution in [2.75, 3.05) is 7.11 Å².